The van der Waals surface area contributed by atoms with E-state index in [0.717, 1.165) is 18.4 Å². The van der Waals surface area contributed by atoms with E-state index in [1.54, 1.807) is 6.07 Å². The van der Waals surface area contributed by atoms with Gasteiger partial charge in [0.2, 0.25) is 0 Å². The molecule has 0 unspecified atom stereocenters. The van der Waals surface area contributed by atoms with E-state index in [-0.39, 0.29) is 16.6 Å². The SMILES string of the molecule is CC(C)(C)[S@](=O)N[C@@H](c1cccc(F)c1)C1CC1. The summed E-state index contributed by atoms with van der Waals surface area (Å²) in [5.74, 6) is 0.250. The molecule has 0 spiro atoms. The Morgan fingerprint density at radius 2 is 2.06 bits per heavy atom. The third-order valence-electron chi connectivity index (χ3n) is 3.09. The Balaban J connectivity index is 2.17. The monoisotopic (exact) mass is 269 g/mol. The predicted octanol–water partition coefficient (Wildman–Crippen LogP) is 3.33. The highest BCUT2D eigenvalue weighted by atomic mass is 32.2. The molecule has 1 aromatic rings. The van der Waals surface area contributed by atoms with Crippen LogP contribution in [0, 0.1) is 11.7 Å². The molecule has 0 aromatic heterocycles. The summed E-state index contributed by atoms with van der Waals surface area (Å²) in [6.45, 7) is 5.81. The topological polar surface area (TPSA) is 29.1 Å². The molecule has 0 amide bonds. The second kappa shape index (κ2) is 5.10. The van der Waals surface area contributed by atoms with Gasteiger partial charge in [0.05, 0.1) is 15.7 Å². The zero-order valence-electron chi connectivity index (χ0n) is 11.1. The van der Waals surface area contributed by atoms with Crippen molar-refractivity contribution < 1.29 is 8.60 Å². The summed E-state index contributed by atoms with van der Waals surface area (Å²) in [5, 5.41) is 0. The van der Waals surface area contributed by atoms with Gasteiger partial charge >= 0.3 is 0 Å². The van der Waals surface area contributed by atoms with Gasteiger partial charge in [-0.25, -0.2) is 13.3 Å². The Bertz CT molecular complexity index is 451. The molecule has 1 aliphatic carbocycles. The largest absolute Gasteiger partial charge is 0.242 e. The van der Waals surface area contributed by atoms with Gasteiger partial charge in [-0.3, -0.25) is 0 Å². The first kappa shape index (κ1) is 13.7. The number of hydrogen-bond acceptors (Lipinski definition) is 1. The van der Waals surface area contributed by atoms with Crippen molar-refractivity contribution >= 4 is 11.0 Å². The zero-order chi connectivity index (χ0) is 13.3. The van der Waals surface area contributed by atoms with Crippen molar-refractivity contribution in [3.63, 3.8) is 0 Å². The van der Waals surface area contributed by atoms with Crippen LogP contribution in [0.2, 0.25) is 0 Å². The van der Waals surface area contributed by atoms with Crippen LogP contribution in [0.15, 0.2) is 24.3 Å². The fourth-order valence-electron chi connectivity index (χ4n) is 1.86. The smallest absolute Gasteiger partial charge is 0.123 e. The van der Waals surface area contributed by atoms with Gasteiger partial charge < -0.3 is 0 Å². The zero-order valence-corrected chi connectivity index (χ0v) is 11.9. The van der Waals surface area contributed by atoms with Crippen molar-refractivity contribution in [2.45, 2.75) is 44.4 Å². The van der Waals surface area contributed by atoms with E-state index in [4.69, 9.17) is 0 Å². The van der Waals surface area contributed by atoms with Crippen molar-refractivity contribution in [2.24, 2.45) is 5.92 Å². The number of rotatable bonds is 4. The minimum absolute atomic E-state index is 0.000702. The van der Waals surface area contributed by atoms with Crippen molar-refractivity contribution in [2.75, 3.05) is 0 Å². The molecule has 0 heterocycles. The first-order valence-corrected chi connectivity index (χ1v) is 7.46. The van der Waals surface area contributed by atoms with Crippen LogP contribution >= 0.6 is 0 Å². The molecule has 2 atom stereocenters. The standard InChI is InChI=1S/C14H20FNOS/c1-14(2,3)18(17)16-13(10-7-8-10)11-5-4-6-12(15)9-11/h4-6,9-10,13,16H,7-8H2,1-3H3/t13-,18+/m1/s1. The second-order valence-electron chi connectivity index (χ2n) is 5.87. The maximum atomic E-state index is 13.3. The normalized spacial score (nSPS) is 19.6. The molecule has 1 fully saturated rings. The van der Waals surface area contributed by atoms with Gasteiger partial charge in [-0.15, -0.1) is 0 Å². The van der Waals surface area contributed by atoms with Gasteiger partial charge in [-0.2, -0.15) is 0 Å². The van der Waals surface area contributed by atoms with Crippen LogP contribution < -0.4 is 4.72 Å². The Morgan fingerprint density at radius 3 is 2.56 bits per heavy atom. The molecule has 0 aliphatic heterocycles. The van der Waals surface area contributed by atoms with Crippen LogP contribution in [0.5, 0.6) is 0 Å². The Kier molecular flexibility index (Phi) is 3.87. The van der Waals surface area contributed by atoms with Gasteiger partial charge in [0, 0.05) is 6.04 Å². The Labute approximate surface area is 111 Å². The van der Waals surface area contributed by atoms with Crippen LogP contribution in [0.3, 0.4) is 0 Å². The van der Waals surface area contributed by atoms with E-state index < -0.39 is 11.0 Å². The lowest BCUT2D eigenvalue weighted by atomic mass is 10.0. The van der Waals surface area contributed by atoms with Gasteiger partial charge in [0.1, 0.15) is 5.82 Å². The summed E-state index contributed by atoms with van der Waals surface area (Å²) in [4.78, 5) is 0. The second-order valence-corrected chi connectivity index (χ2v) is 7.87. The maximum Gasteiger partial charge on any atom is 0.123 e. The molecular weight excluding hydrogens is 249 g/mol. The molecule has 4 heteroatoms. The number of nitrogens with one attached hydrogen (secondary N) is 1. The molecule has 2 rings (SSSR count). The van der Waals surface area contributed by atoms with E-state index in [2.05, 4.69) is 4.72 Å². The van der Waals surface area contributed by atoms with Gasteiger partial charge in [0.25, 0.3) is 0 Å². The Morgan fingerprint density at radius 1 is 1.39 bits per heavy atom. The van der Waals surface area contributed by atoms with Crippen molar-refractivity contribution in [3.05, 3.63) is 35.6 Å². The van der Waals surface area contributed by atoms with E-state index in [1.807, 2.05) is 26.8 Å². The van der Waals surface area contributed by atoms with Crippen molar-refractivity contribution in [1.29, 1.82) is 0 Å². The van der Waals surface area contributed by atoms with E-state index in [0.29, 0.717) is 5.92 Å². The van der Waals surface area contributed by atoms with Crippen molar-refractivity contribution in [1.82, 2.24) is 4.72 Å². The number of hydrogen-bond donors (Lipinski definition) is 1. The molecule has 100 valence electrons. The summed E-state index contributed by atoms with van der Waals surface area (Å²) in [5.41, 5.74) is 0.898. The highest BCUT2D eigenvalue weighted by Gasteiger charge is 2.35. The molecule has 1 aromatic carbocycles. The fraction of sp³-hybridized carbons (Fsp3) is 0.571. The Hall–Kier alpha value is -0.740. The maximum absolute atomic E-state index is 13.3. The van der Waals surface area contributed by atoms with Crippen LogP contribution in [0.1, 0.15) is 45.2 Å². The lowest BCUT2D eigenvalue weighted by molar-refractivity contribution is 0.550. The number of halogens is 1. The van der Waals surface area contributed by atoms with Gasteiger partial charge in [0.15, 0.2) is 0 Å². The van der Waals surface area contributed by atoms with E-state index >= 15 is 0 Å². The molecule has 1 aliphatic rings. The fourth-order valence-corrected chi connectivity index (χ4v) is 2.77. The van der Waals surface area contributed by atoms with E-state index in [9.17, 15) is 8.60 Å². The summed E-state index contributed by atoms with van der Waals surface area (Å²) in [6.07, 6.45) is 2.24. The lowest BCUT2D eigenvalue weighted by Crippen LogP contribution is -2.36. The third-order valence-corrected chi connectivity index (χ3v) is 4.67. The molecule has 18 heavy (non-hydrogen) atoms. The quantitative estimate of drug-likeness (QED) is 0.892. The average molecular weight is 269 g/mol. The minimum atomic E-state index is -1.13. The summed E-state index contributed by atoms with van der Waals surface area (Å²) in [6, 6.07) is 6.59. The molecule has 1 N–H and O–H groups in total. The van der Waals surface area contributed by atoms with Gasteiger partial charge in [-0.05, 0) is 57.2 Å². The predicted molar refractivity (Wildman–Crippen MR) is 72.9 cm³/mol. The van der Waals surface area contributed by atoms with Gasteiger partial charge in [-0.1, -0.05) is 12.1 Å². The molecular formula is C14H20FNOS. The minimum Gasteiger partial charge on any atom is -0.242 e. The molecule has 0 saturated heterocycles. The van der Waals surface area contributed by atoms with Crippen LogP contribution in [0.25, 0.3) is 0 Å². The van der Waals surface area contributed by atoms with E-state index in [1.165, 1.54) is 12.1 Å². The lowest BCUT2D eigenvalue weighted by Gasteiger charge is -2.24. The molecule has 2 nitrogen and oxygen atoms in total. The van der Waals surface area contributed by atoms with Crippen LogP contribution in [-0.4, -0.2) is 8.96 Å². The highest BCUT2D eigenvalue weighted by molar-refractivity contribution is 7.84. The number of benzene rings is 1. The van der Waals surface area contributed by atoms with Crippen LogP contribution in [0.4, 0.5) is 4.39 Å². The summed E-state index contributed by atoms with van der Waals surface area (Å²) in [7, 11) is -1.13. The van der Waals surface area contributed by atoms with Crippen LogP contribution in [-0.2, 0) is 11.0 Å². The first-order chi connectivity index (χ1) is 8.38. The molecule has 0 radical (unpaired) electrons. The first-order valence-electron chi connectivity index (χ1n) is 6.31. The summed E-state index contributed by atoms with van der Waals surface area (Å²) < 4.78 is 28.3. The van der Waals surface area contributed by atoms with Crippen molar-refractivity contribution in [3.8, 4) is 0 Å². The highest BCUT2D eigenvalue weighted by Crippen LogP contribution is 2.41. The third kappa shape index (κ3) is 3.39. The average Bonchev–Trinajstić information content (AvgIpc) is 3.08. The molecule has 0 bridgehead atoms. The molecule has 1 saturated carbocycles. The summed E-state index contributed by atoms with van der Waals surface area (Å²) >= 11 is 0.